The molecular weight excluding hydrogens is 438 g/mol. The lowest BCUT2D eigenvalue weighted by molar-refractivity contribution is -0.00101. The minimum absolute atomic E-state index is 0.395. The number of imidazole rings is 1. The fraction of sp³-hybridized carbons (Fsp3) is 0.138. The van der Waals surface area contributed by atoms with Crippen molar-refractivity contribution in [3.63, 3.8) is 0 Å². The van der Waals surface area contributed by atoms with E-state index in [-0.39, 0.29) is 0 Å². The summed E-state index contributed by atoms with van der Waals surface area (Å²) in [4.78, 5) is 4.98. The first kappa shape index (κ1) is 22.3. The zero-order chi connectivity index (χ0) is 23.2. The van der Waals surface area contributed by atoms with Crippen LogP contribution < -0.4 is 0 Å². The molecule has 34 heavy (non-hydrogen) atoms. The number of aromatic nitrogens is 3. The quantitative estimate of drug-likeness (QED) is 0.262. The third kappa shape index (κ3) is 5.16. The maximum Gasteiger partial charge on any atom is 0.169 e. The molecule has 0 radical (unpaired) electrons. The summed E-state index contributed by atoms with van der Waals surface area (Å²) in [5.74, 6) is 0.813. The van der Waals surface area contributed by atoms with Crippen LogP contribution in [0.4, 0.5) is 0 Å². The van der Waals surface area contributed by atoms with Crippen molar-refractivity contribution in [2.24, 2.45) is 0 Å². The van der Waals surface area contributed by atoms with Crippen LogP contribution in [0.1, 0.15) is 11.1 Å². The molecular formula is C29H27N3OS. The number of nitrogens with zero attached hydrogens (tertiary/aromatic N) is 3. The number of benzene rings is 3. The van der Waals surface area contributed by atoms with E-state index in [1.54, 1.807) is 11.8 Å². The highest BCUT2D eigenvalue weighted by Crippen LogP contribution is 2.32. The Morgan fingerprint density at radius 3 is 2.03 bits per heavy atom. The van der Waals surface area contributed by atoms with Gasteiger partial charge in [-0.2, -0.15) is 0 Å². The molecule has 0 amide bonds. The van der Waals surface area contributed by atoms with Crippen LogP contribution in [0.15, 0.2) is 127 Å². The molecule has 5 rings (SSSR count). The van der Waals surface area contributed by atoms with E-state index in [0.29, 0.717) is 13.1 Å². The SMILES string of the molecule is OC(Cn1cccc1)(Cn1cc(-c2ccccc2)nc1SCc1ccccc1)c1ccccc1. The van der Waals surface area contributed by atoms with E-state index in [1.807, 2.05) is 83.7 Å². The van der Waals surface area contributed by atoms with Gasteiger partial charge in [0.25, 0.3) is 0 Å². The first-order valence-electron chi connectivity index (χ1n) is 11.4. The molecule has 1 atom stereocenters. The summed E-state index contributed by atoms with van der Waals surface area (Å²) >= 11 is 1.69. The molecule has 3 aromatic carbocycles. The highest BCUT2D eigenvalue weighted by molar-refractivity contribution is 7.98. The van der Waals surface area contributed by atoms with Crippen LogP contribution in [0.3, 0.4) is 0 Å². The fourth-order valence-corrected chi connectivity index (χ4v) is 5.07. The number of hydrogen-bond donors (Lipinski definition) is 1. The van der Waals surface area contributed by atoms with Crippen LogP contribution in [0.5, 0.6) is 0 Å². The normalized spacial score (nSPS) is 13.0. The Hall–Kier alpha value is -3.54. The second-order valence-electron chi connectivity index (χ2n) is 8.43. The van der Waals surface area contributed by atoms with Gasteiger partial charge in [0.1, 0.15) is 5.60 Å². The van der Waals surface area contributed by atoms with Crippen molar-refractivity contribution in [2.75, 3.05) is 0 Å². The summed E-state index contributed by atoms with van der Waals surface area (Å²) in [5, 5.41) is 12.9. The van der Waals surface area contributed by atoms with Gasteiger partial charge in [0.15, 0.2) is 5.16 Å². The smallest absolute Gasteiger partial charge is 0.169 e. The van der Waals surface area contributed by atoms with Crippen LogP contribution in [0, 0.1) is 0 Å². The van der Waals surface area contributed by atoms with Gasteiger partial charge in [0.05, 0.1) is 18.8 Å². The molecule has 1 unspecified atom stereocenters. The van der Waals surface area contributed by atoms with E-state index in [4.69, 9.17) is 4.98 Å². The van der Waals surface area contributed by atoms with Gasteiger partial charge >= 0.3 is 0 Å². The molecule has 0 saturated carbocycles. The molecule has 5 heteroatoms. The average molecular weight is 466 g/mol. The van der Waals surface area contributed by atoms with Crippen LogP contribution in [-0.4, -0.2) is 19.2 Å². The van der Waals surface area contributed by atoms with Crippen molar-refractivity contribution in [1.82, 2.24) is 14.1 Å². The molecule has 5 aromatic rings. The van der Waals surface area contributed by atoms with Crippen molar-refractivity contribution < 1.29 is 5.11 Å². The highest BCUT2D eigenvalue weighted by Gasteiger charge is 2.31. The van der Waals surface area contributed by atoms with Crippen molar-refractivity contribution in [2.45, 2.75) is 29.6 Å². The minimum atomic E-state index is -1.10. The van der Waals surface area contributed by atoms with Crippen molar-refractivity contribution >= 4 is 11.8 Å². The largest absolute Gasteiger partial charge is 0.381 e. The van der Waals surface area contributed by atoms with Gasteiger partial charge in [0.2, 0.25) is 0 Å². The Balaban J connectivity index is 1.51. The minimum Gasteiger partial charge on any atom is -0.381 e. The van der Waals surface area contributed by atoms with E-state index in [2.05, 4.69) is 47.2 Å². The second kappa shape index (κ2) is 10.2. The predicted octanol–water partition coefficient (Wildman–Crippen LogP) is 6.23. The summed E-state index contributed by atoms with van der Waals surface area (Å²) in [6.45, 7) is 0.845. The fourth-order valence-electron chi connectivity index (χ4n) is 4.14. The van der Waals surface area contributed by atoms with Crippen LogP contribution >= 0.6 is 11.8 Å². The first-order chi connectivity index (χ1) is 16.7. The van der Waals surface area contributed by atoms with Gasteiger partial charge in [-0.25, -0.2) is 4.98 Å². The zero-order valence-electron chi connectivity index (χ0n) is 18.9. The van der Waals surface area contributed by atoms with E-state index >= 15 is 0 Å². The average Bonchev–Trinajstić information content (AvgIpc) is 3.54. The number of rotatable bonds is 9. The molecule has 0 spiro atoms. The third-order valence-electron chi connectivity index (χ3n) is 5.87. The third-order valence-corrected chi connectivity index (χ3v) is 6.94. The second-order valence-corrected chi connectivity index (χ2v) is 9.37. The van der Waals surface area contributed by atoms with Gasteiger partial charge in [-0.1, -0.05) is 103 Å². The van der Waals surface area contributed by atoms with Crippen molar-refractivity contribution in [3.8, 4) is 11.3 Å². The number of hydrogen-bond acceptors (Lipinski definition) is 3. The molecule has 2 heterocycles. The summed E-state index contributed by atoms with van der Waals surface area (Å²) in [6, 6.07) is 34.5. The zero-order valence-corrected chi connectivity index (χ0v) is 19.7. The molecule has 0 fully saturated rings. The molecule has 0 saturated heterocycles. The highest BCUT2D eigenvalue weighted by atomic mass is 32.2. The van der Waals surface area contributed by atoms with Crippen molar-refractivity contribution in [3.05, 3.63) is 133 Å². The number of thioether (sulfide) groups is 1. The summed E-state index contributed by atoms with van der Waals surface area (Å²) in [5.41, 5.74) is 3.01. The Kier molecular flexibility index (Phi) is 6.65. The predicted molar refractivity (Wildman–Crippen MR) is 138 cm³/mol. The summed E-state index contributed by atoms with van der Waals surface area (Å²) < 4.78 is 4.13. The summed E-state index contributed by atoms with van der Waals surface area (Å²) in [7, 11) is 0. The molecule has 0 aliphatic rings. The lowest BCUT2D eigenvalue weighted by atomic mass is 9.93. The van der Waals surface area contributed by atoms with Gasteiger partial charge in [0, 0.05) is 29.9 Å². The van der Waals surface area contributed by atoms with E-state index in [1.165, 1.54) is 5.56 Å². The lowest BCUT2D eigenvalue weighted by Crippen LogP contribution is -2.36. The Morgan fingerprint density at radius 1 is 0.735 bits per heavy atom. The van der Waals surface area contributed by atoms with Gasteiger partial charge in [-0.3, -0.25) is 0 Å². The summed E-state index contributed by atoms with van der Waals surface area (Å²) in [6.07, 6.45) is 6.04. The molecule has 170 valence electrons. The molecule has 0 bridgehead atoms. The maximum absolute atomic E-state index is 12.0. The molecule has 0 aliphatic carbocycles. The van der Waals surface area contributed by atoms with E-state index in [9.17, 15) is 5.11 Å². The van der Waals surface area contributed by atoms with Crippen LogP contribution in [0.2, 0.25) is 0 Å². The van der Waals surface area contributed by atoms with Crippen LogP contribution in [-0.2, 0) is 24.4 Å². The molecule has 4 nitrogen and oxygen atoms in total. The molecule has 0 aliphatic heterocycles. The Morgan fingerprint density at radius 2 is 1.35 bits per heavy atom. The topological polar surface area (TPSA) is 43.0 Å². The van der Waals surface area contributed by atoms with Gasteiger partial charge in [-0.15, -0.1) is 0 Å². The van der Waals surface area contributed by atoms with Gasteiger partial charge < -0.3 is 14.2 Å². The maximum atomic E-state index is 12.0. The molecule has 2 aromatic heterocycles. The Labute approximate surface area is 204 Å². The number of aliphatic hydroxyl groups is 1. The van der Waals surface area contributed by atoms with Crippen molar-refractivity contribution in [1.29, 1.82) is 0 Å². The molecule has 1 N–H and O–H groups in total. The standard InChI is InChI=1S/C29H27N3OS/c33-29(22-31-18-10-11-19-31,26-16-8-3-9-17-26)23-32-20-27(25-14-6-2-7-15-25)30-28(32)34-21-24-12-4-1-5-13-24/h1-20,33H,21-23H2. The van der Waals surface area contributed by atoms with E-state index < -0.39 is 5.60 Å². The van der Waals surface area contributed by atoms with E-state index in [0.717, 1.165) is 27.7 Å². The van der Waals surface area contributed by atoms with Crippen LogP contribution in [0.25, 0.3) is 11.3 Å². The lowest BCUT2D eigenvalue weighted by Gasteiger charge is -2.30. The first-order valence-corrected chi connectivity index (χ1v) is 12.4. The van der Waals surface area contributed by atoms with Gasteiger partial charge in [-0.05, 0) is 23.3 Å². The monoisotopic (exact) mass is 465 g/mol. The Bertz CT molecular complexity index is 1300.